The van der Waals surface area contributed by atoms with Gasteiger partial charge in [-0.15, -0.1) is 0 Å². The monoisotopic (exact) mass is 476 g/mol. The van der Waals surface area contributed by atoms with E-state index in [1.807, 2.05) is 0 Å². The van der Waals surface area contributed by atoms with Crippen molar-refractivity contribution < 1.29 is 32.6 Å². The zero-order chi connectivity index (χ0) is 23.9. The number of nitrogens with zero attached hydrogens (tertiary/aromatic N) is 3. The molecule has 0 saturated heterocycles. The van der Waals surface area contributed by atoms with Crippen LogP contribution in [0.3, 0.4) is 0 Å². The summed E-state index contributed by atoms with van der Waals surface area (Å²) in [6, 6.07) is 8.37. The molecule has 4 rings (SSSR count). The smallest absolute Gasteiger partial charge is 0.417 e. The Bertz CT molecular complexity index is 1420. The quantitative estimate of drug-likeness (QED) is 0.391. The number of benzene rings is 2. The number of amides is 1. The normalized spacial score (nSPS) is 11.5. The fraction of sp³-hybridized carbons (Fsp3) is 0.0476. The van der Waals surface area contributed by atoms with Crippen LogP contribution in [0.5, 0.6) is 11.6 Å². The molecule has 168 valence electrons. The summed E-state index contributed by atoms with van der Waals surface area (Å²) in [7, 11) is 0. The van der Waals surface area contributed by atoms with Gasteiger partial charge in [-0.1, -0.05) is 17.7 Å². The fourth-order valence-electron chi connectivity index (χ4n) is 3.31. The number of fused-ring (bicyclic) bond motifs is 1. The molecule has 0 aliphatic rings. The molecule has 1 amide bonds. The van der Waals surface area contributed by atoms with Crippen LogP contribution in [0.25, 0.3) is 22.0 Å². The van der Waals surface area contributed by atoms with E-state index in [0.717, 1.165) is 22.9 Å². The lowest BCUT2D eigenvalue weighted by molar-refractivity contribution is -0.137. The van der Waals surface area contributed by atoms with Crippen LogP contribution in [0, 0.1) is 0 Å². The Morgan fingerprint density at radius 2 is 1.82 bits per heavy atom. The third-order valence-electron chi connectivity index (χ3n) is 4.71. The number of carbonyl (C=O) groups is 2. The van der Waals surface area contributed by atoms with Crippen LogP contribution in [-0.2, 0) is 6.18 Å². The first kappa shape index (κ1) is 22.1. The average Bonchev–Trinajstić information content (AvgIpc) is 3.11. The second kappa shape index (κ2) is 8.10. The Morgan fingerprint density at radius 1 is 1.06 bits per heavy atom. The van der Waals surface area contributed by atoms with Gasteiger partial charge >= 0.3 is 12.3 Å². The topological polar surface area (TPSA) is 120 Å². The molecule has 2 heterocycles. The minimum Gasteiger partial charge on any atom is -0.464 e. The van der Waals surface area contributed by atoms with Crippen molar-refractivity contribution in [2.45, 2.75) is 6.18 Å². The molecule has 0 aliphatic heterocycles. The number of alkyl halides is 3. The highest BCUT2D eigenvalue weighted by molar-refractivity contribution is 6.29. The first-order valence-electron chi connectivity index (χ1n) is 9.10. The maximum Gasteiger partial charge on any atom is 0.417 e. The summed E-state index contributed by atoms with van der Waals surface area (Å²) in [5.41, 5.74) is 3.40. The fourth-order valence-corrected chi connectivity index (χ4v) is 3.44. The predicted molar refractivity (Wildman–Crippen MR) is 111 cm³/mol. The largest absolute Gasteiger partial charge is 0.464 e. The van der Waals surface area contributed by atoms with Gasteiger partial charge in [0.15, 0.2) is 0 Å². The standard InChI is InChI=1S/C21H12ClF3N4O4/c22-17-7-18(28-9-27-17)33-11-2-4-16-13(6-11)14(8-29(16)20(31)32)12-3-1-10(19(26)30)5-15(12)21(23,24)25/h1-9H,(H2,26,30)(H,31,32). The highest BCUT2D eigenvalue weighted by Gasteiger charge is 2.35. The van der Waals surface area contributed by atoms with Crippen LogP contribution in [-0.4, -0.2) is 31.6 Å². The van der Waals surface area contributed by atoms with E-state index in [0.29, 0.717) is 6.07 Å². The molecular formula is C21H12ClF3N4O4. The molecule has 2 aromatic carbocycles. The van der Waals surface area contributed by atoms with E-state index in [1.54, 1.807) is 0 Å². The van der Waals surface area contributed by atoms with Crippen LogP contribution in [0.15, 0.2) is 55.0 Å². The van der Waals surface area contributed by atoms with Gasteiger partial charge in [0.1, 0.15) is 17.2 Å². The van der Waals surface area contributed by atoms with Gasteiger partial charge in [-0.25, -0.2) is 14.8 Å². The summed E-state index contributed by atoms with van der Waals surface area (Å²) in [5, 5.41) is 9.81. The first-order valence-corrected chi connectivity index (χ1v) is 9.47. The summed E-state index contributed by atoms with van der Waals surface area (Å²) in [4.78, 5) is 30.7. The third kappa shape index (κ3) is 4.30. The van der Waals surface area contributed by atoms with E-state index in [4.69, 9.17) is 22.1 Å². The van der Waals surface area contributed by atoms with Crippen LogP contribution in [0.1, 0.15) is 15.9 Å². The third-order valence-corrected chi connectivity index (χ3v) is 4.92. The number of aromatic nitrogens is 3. The number of carbonyl (C=O) groups excluding carboxylic acids is 1. The number of ether oxygens (including phenoxy) is 1. The zero-order valence-electron chi connectivity index (χ0n) is 16.3. The highest BCUT2D eigenvalue weighted by atomic mass is 35.5. The molecule has 0 spiro atoms. The van der Waals surface area contributed by atoms with Gasteiger partial charge in [0, 0.05) is 28.8 Å². The number of carboxylic acid groups (broad SMARTS) is 1. The maximum atomic E-state index is 13.8. The van der Waals surface area contributed by atoms with Gasteiger partial charge in [-0.05, 0) is 35.9 Å². The lowest BCUT2D eigenvalue weighted by Gasteiger charge is -2.14. The molecule has 0 atom stereocenters. The maximum absolute atomic E-state index is 13.8. The Hall–Kier alpha value is -4.12. The Kier molecular flexibility index (Phi) is 5.42. The van der Waals surface area contributed by atoms with Crippen LogP contribution < -0.4 is 10.5 Å². The SMILES string of the molecule is NC(=O)c1ccc(-c2cn(C(=O)O)c3ccc(Oc4cc(Cl)ncn4)cc23)c(C(F)(F)F)c1. The number of rotatable bonds is 4. The lowest BCUT2D eigenvalue weighted by atomic mass is 9.96. The van der Waals surface area contributed by atoms with Crippen LogP contribution in [0.4, 0.5) is 18.0 Å². The Labute approximate surface area is 188 Å². The number of hydrogen-bond acceptors (Lipinski definition) is 5. The van der Waals surface area contributed by atoms with Gasteiger partial charge in [0.2, 0.25) is 11.8 Å². The average molecular weight is 477 g/mol. The molecule has 12 heteroatoms. The Balaban J connectivity index is 1.93. The summed E-state index contributed by atoms with van der Waals surface area (Å²) in [6.45, 7) is 0. The number of hydrogen-bond donors (Lipinski definition) is 2. The molecule has 2 aromatic heterocycles. The van der Waals surface area contributed by atoms with Crippen molar-refractivity contribution in [1.29, 1.82) is 0 Å². The van der Waals surface area contributed by atoms with Crippen molar-refractivity contribution in [3.63, 3.8) is 0 Å². The molecule has 0 aliphatic carbocycles. The second-order valence-corrected chi connectivity index (χ2v) is 7.16. The Morgan fingerprint density at radius 3 is 2.45 bits per heavy atom. The molecule has 0 saturated carbocycles. The van der Waals surface area contributed by atoms with Crippen LogP contribution >= 0.6 is 11.6 Å². The van der Waals surface area contributed by atoms with Crippen molar-refractivity contribution in [2.75, 3.05) is 0 Å². The van der Waals surface area contributed by atoms with E-state index in [9.17, 15) is 27.9 Å². The zero-order valence-corrected chi connectivity index (χ0v) is 17.1. The molecule has 0 unspecified atom stereocenters. The van der Waals surface area contributed by atoms with Crippen molar-refractivity contribution in [2.24, 2.45) is 5.73 Å². The molecule has 0 fully saturated rings. The van der Waals surface area contributed by atoms with E-state index in [-0.39, 0.29) is 44.4 Å². The van der Waals surface area contributed by atoms with Gasteiger partial charge in [0.05, 0.1) is 11.1 Å². The molecule has 33 heavy (non-hydrogen) atoms. The van der Waals surface area contributed by atoms with E-state index >= 15 is 0 Å². The van der Waals surface area contributed by atoms with E-state index in [1.165, 1.54) is 30.6 Å². The first-order chi connectivity index (χ1) is 15.5. The van der Waals surface area contributed by atoms with Crippen molar-refractivity contribution in [3.8, 4) is 22.8 Å². The molecular weight excluding hydrogens is 465 g/mol. The van der Waals surface area contributed by atoms with Crippen molar-refractivity contribution in [1.82, 2.24) is 14.5 Å². The summed E-state index contributed by atoms with van der Waals surface area (Å²) < 4.78 is 47.9. The number of primary amides is 1. The van der Waals surface area contributed by atoms with Gasteiger partial charge in [-0.3, -0.25) is 9.36 Å². The molecule has 0 bridgehead atoms. The van der Waals surface area contributed by atoms with Crippen LogP contribution in [0.2, 0.25) is 5.15 Å². The minimum atomic E-state index is -4.84. The summed E-state index contributed by atoms with van der Waals surface area (Å²) in [5.74, 6) is -0.779. The van der Waals surface area contributed by atoms with Gasteiger partial charge < -0.3 is 15.6 Å². The van der Waals surface area contributed by atoms with E-state index < -0.39 is 23.7 Å². The summed E-state index contributed by atoms with van der Waals surface area (Å²) in [6.07, 6.45) is -4.01. The molecule has 0 radical (unpaired) electrons. The van der Waals surface area contributed by atoms with Crippen molar-refractivity contribution >= 4 is 34.5 Å². The molecule has 3 N–H and O–H groups in total. The van der Waals surface area contributed by atoms with Crippen molar-refractivity contribution in [3.05, 3.63) is 71.3 Å². The molecule has 4 aromatic rings. The number of halogens is 4. The molecule has 8 nitrogen and oxygen atoms in total. The lowest BCUT2D eigenvalue weighted by Crippen LogP contribution is -2.14. The van der Waals surface area contributed by atoms with Gasteiger partial charge in [-0.2, -0.15) is 13.2 Å². The summed E-state index contributed by atoms with van der Waals surface area (Å²) >= 11 is 5.81. The minimum absolute atomic E-state index is 0.0399. The van der Waals surface area contributed by atoms with Gasteiger partial charge in [0.25, 0.3) is 0 Å². The highest BCUT2D eigenvalue weighted by Crippen LogP contribution is 2.41. The second-order valence-electron chi connectivity index (χ2n) is 6.78. The number of nitrogens with two attached hydrogens (primary N) is 1. The predicted octanol–water partition coefficient (Wildman–Crippen LogP) is 5.19. The van der Waals surface area contributed by atoms with E-state index in [2.05, 4.69) is 9.97 Å².